The Morgan fingerprint density at radius 3 is 2.58 bits per heavy atom. The fourth-order valence-electron chi connectivity index (χ4n) is 2.48. The first-order valence-corrected chi connectivity index (χ1v) is 7.34. The fraction of sp³-hybridized carbons (Fsp3) is 0.111. The van der Waals surface area contributed by atoms with Crippen LogP contribution in [0.2, 0.25) is 0 Å². The fourth-order valence-corrected chi connectivity index (χ4v) is 2.48. The Bertz CT molecular complexity index is 862. The van der Waals surface area contributed by atoms with Crippen molar-refractivity contribution in [2.45, 2.75) is 6.04 Å². The molecule has 122 valence electrons. The molecular formula is C18H15F2N3O. The molecule has 0 aliphatic carbocycles. The van der Waals surface area contributed by atoms with E-state index in [2.05, 4.69) is 10.3 Å². The maximum atomic E-state index is 13.8. The number of aromatic nitrogens is 2. The molecule has 0 aliphatic heterocycles. The average molecular weight is 327 g/mol. The topological polar surface area (TPSA) is 46.9 Å². The normalized spacial score (nSPS) is 12.0. The molecule has 0 spiro atoms. The molecule has 4 nitrogen and oxygen atoms in total. The zero-order chi connectivity index (χ0) is 17.1. The van der Waals surface area contributed by atoms with Crippen molar-refractivity contribution in [3.63, 3.8) is 0 Å². The predicted molar refractivity (Wildman–Crippen MR) is 85.3 cm³/mol. The van der Waals surface area contributed by atoms with Gasteiger partial charge in [-0.1, -0.05) is 30.3 Å². The number of imidazole rings is 1. The van der Waals surface area contributed by atoms with Gasteiger partial charge in [0.05, 0.1) is 5.56 Å². The van der Waals surface area contributed by atoms with Crippen LogP contribution in [0.4, 0.5) is 8.78 Å². The molecule has 3 aromatic rings. The van der Waals surface area contributed by atoms with Crippen molar-refractivity contribution in [3.8, 4) is 0 Å². The zero-order valence-electron chi connectivity index (χ0n) is 12.9. The van der Waals surface area contributed by atoms with Gasteiger partial charge in [0.2, 0.25) is 0 Å². The van der Waals surface area contributed by atoms with E-state index in [0.29, 0.717) is 5.82 Å². The highest BCUT2D eigenvalue weighted by atomic mass is 19.1. The first kappa shape index (κ1) is 15.9. The molecule has 1 N–H and O–H groups in total. The second kappa shape index (κ2) is 6.62. The highest BCUT2D eigenvalue weighted by molar-refractivity contribution is 5.94. The van der Waals surface area contributed by atoms with E-state index in [9.17, 15) is 13.6 Å². The molecule has 0 aliphatic rings. The number of halogens is 2. The third kappa shape index (κ3) is 3.17. The van der Waals surface area contributed by atoms with Gasteiger partial charge in [-0.05, 0) is 23.8 Å². The molecule has 6 heteroatoms. The summed E-state index contributed by atoms with van der Waals surface area (Å²) in [5.74, 6) is -1.56. The molecule has 0 saturated heterocycles. The third-order valence-corrected chi connectivity index (χ3v) is 3.70. The molecule has 1 heterocycles. The minimum absolute atomic E-state index is 0.342. The predicted octanol–water partition coefficient (Wildman–Crippen LogP) is 3.22. The molecule has 0 bridgehead atoms. The van der Waals surface area contributed by atoms with Crippen molar-refractivity contribution in [2.24, 2.45) is 7.05 Å². The van der Waals surface area contributed by atoms with Crippen LogP contribution in [0.15, 0.2) is 60.9 Å². The van der Waals surface area contributed by atoms with E-state index in [1.54, 1.807) is 24.0 Å². The summed E-state index contributed by atoms with van der Waals surface area (Å²) in [7, 11) is 1.80. The van der Waals surface area contributed by atoms with Crippen molar-refractivity contribution in [1.29, 1.82) is 0 Å². The summed E-state index contributed by atoms with van der Waals surface area (Å²) < 4.78 is 29.0. The van der Waals surface area contributed by atoms with Crippen LogP contribution >= 0.6 is 0 Å². The Labute approximate surface area is 137 Å². The number of carbonyl (C=O) groups excluding carboxylic acids is 1. The lowest BCUT2D eigenvalue weighted by atomic mass is 10.1. The maximum Gasteiger partial charge on any atom is 0.255 e. The monoisotopic (exact) mass is 327 g/mol. The van der Waals surface area contributed by atoms with Crippen molar-refractivity contribution in [1.82, 2.24) is 14.9 Å². The van der Waals surface area contributed by atoms with Crippen LogP contribution in [-0.4, -0.2) is 15.5 Å². The number of carbonyl (C=O) groups is 1. The molecule has 1 atom stereocenters. The van der Waals surface area contributed by atoms with E-state index < -0.39 is 23.6 Å². The van der Waals surface area contributed by atoms with Gasteiger partial charge in [0.15, 0.2) is 0 Å². The van der Waals surface area contributed by atoms with Gasteiger partial charge < -0.3 is 9.88 Å². The highest BCUT2D eigenvalue weighted by Crippen LogP contribution is 2.21. The van der Waals surface area contributed by atoms with E-state index >= 15 is 0 Å². The number of nitrogens with zero attached hydrogens (tertiary/aromatic N) is 2. The van der Waals surface area contributed by atoms with Gasteiger partial charge in [-0.2, -0.15) is 0 Å². The summed E-state index contributed by atoms with van der Waals surface area (Å²) in [5, 5.41) is 2.73. The van der Waals surface area contributed by atoms with Crippen molar-refractivity contribution in [2.75, 3.05) is 0 Å². The lowest BCUT2D eigenvalue weighted by Gasteiger charge is -2.19. The van der Waals surface area contributed by atoms with Crippen molar-refractivity contribution < 1.29 is 13.6 Å². The van der Waals surface area contributed by atoms with E-state index in [1.807, 2.05) is 30.3 Å². The molecule has 1 aromatic heterocycles. The van der Waals surface area contributed by atoms with Crippen LogP contribution in [-0.2, 0) is 7.05 Å². The van der Waals surface area contributed by atoms with E-state index in [1.165, 1.54) is 0 Å². The van der Waals surface area contributed by atoms with Crippen LogP contribution in [0.1, 0.15) is 27.8 Å². The molecule has 1 amide bonds. The Balaban J connectivity index is 1.97. The van der Waals surface area contributed by atoms with Gasteiger partial charge in [-0.3, -0.25) is 4.79 Å². The molecule has 0 saturated carbocycles. The number of aryl methyl sites for hydroxylation is 1. The summed E-state index contributed by atoms with van der Waals surface area (Å²) >= 11 is 0. The smallest absolute Gasteiger partial charge is 0.255 e. The SMILES string of the molecule is Cn1ccnc1C(NC(=O)c1cc(F)ccc1F)c1ccccc1. The third-order valence-electron chi connectivity index (χ3n) is 3.70. The zero-order valence-corrected chi connectivity index (χ0v) is 12.9. The van der Waals surface area contributed by atoms with Gasteiger partial charge in [-0.25, -0.2) is 13.8 Å². The lowest BCUT2D eigenvalue weighted by Crippen LogP contribution is -2.31. The Kier molecular flexibility index (Phi) is 4.37. The summed E-state index contributed by atoms with van der Waals surface area (Å²) in [5.41, 5.74) is 0.446. The van der Waals surface area contributed by atoms with Crippen molar-refractivity contribution >= 4 is 5.91 Å². The molecule has 0 radical (unpaired) electrons. The summed E-state index contributed by atoms with van der Waals surface area (Å²) in [6.07, 6.45) is 3.36. The first-order valence-electron chi connectivity index (χ1n) is 7.34. The minimum Gasteiger partial charge on any atom is -0.338 e. The molecule has 3 rings (SSSR count). The minimum atomic E-state index is -0.777. The Morgan fingerprint density at radius 1 is 1.17 bits per heavy atom. The number of hydrogen-bond acceptors (Lipinski definition) is 2. The highest BCUT2D eigenvalue weighted by Gasteiger charge is 2.23. The second-order valence-corrected chi connectivity index (χ2v) is 5.34. The summed E-state index contributed by atoms with van der Waals surface area (Å²) in [6.45, 7) is 0. The van der Waals surface area contributed by atoms with Gasteiger partial charge >= 0.3 is 0 Å². The van der Waals surface area contributed by atoms with Crippen LogP contribution in [0.5, 0.6) is 0 Å². The first-order chi connectivity index (χ1) is 11.6. The number of nitrogens with one attached hydrogen (secondary N) is 1. The van der Waals surface area contributed by atoms with Gasteiger partial charge in [0, 0.05) is 19.4 Å². The molecule has 2 aromatic carbocycles. The number of hydrogen-bond donors (Lipinski definition) is 1. The van der Waals surface area contributed by atoms with Gasteiger partial charge in [-0.15, -0.1) is 0 Å². The average Bonchev–Trinajstić information content (AvgIpc) is 3.01. The standard InChI is InChI=1S/C18H15F2N3O/c1-23-10-9-21-17(23)16(12-5-3-2-4-6-12)22-18(24)14-11-13(19)7-8-15(14)20/h2-11,16H,1H3,(H,22,24). The van der Waals surface area contributed by atoms with E-state index in [0.717, 1.165) is 23.8 Å². The molecular weight excluding hydrogens is 312 g/mol. The van der Waals surface area contributed by atoms with Gasteiger partial charge in [0.1, 0.15) is 23.5 Å². The van der Waals surface area contributed by atoms with Crippen LogP contribution in [0, 0.1) is 11.6 Å². The van der Waals surface area contributed by atoms with Crippen LogP contribution < -0.4 is 5.32 Å². The van der Waals surface area contributed by atoms with E-state index in [-0.39, 0.29) is 5.56 Å². The molecule has 24 heavy (non-hydrogen) atoms. The number of benzene rings is 2. The summed E-state index contributed by atoms with van der Waals surface area (Å²) in [4.78, 5) is 16.7. The molecule has 1 unspecified atom stereocenters. The number of rotatable bonds is 4. The second-order valence-electron chi connectivity index (χ2n) is 5.34. The van der Waals surface area contributed by atoms with Crippen LogP contribution in [0.25, 0.3) is 0 Å². The largest absolute Gasteiger partial charge is 0.338 e. The van der Waals surface area contributed by atoms with Crippen LogP contribution in [0.3, 0.4) is 0 Å². The lowest BCUT2D eigenvalue weighted by molar-refractivity contribution is 0.0936. The Morgan fingerprint density at radius 2 is 1.92 bits per heavy atom. The molecule has 0 fully saturated rings. The number of amides is 1. The van der Waals surface area contributed by atoms with Gasteiger partial charge in [0.25, 0.3) is 5.91 Å². The van der Waals surface area contributed by atoms with Crippen molar-refractivity contribution in [3.05, 3.63) is 89.5 Å². The maximum absolute atomic E-state index is 13.8. The quantitative estimate of drug-likeness (QED) is 0.800. The summed E-state index contributed by atoms with van der Waals surface area (Å²) in [6, 6.07) is 11.4. The van der Waals surface area contributed by atoms with E-state index in [4.69, 9.17) is 0 Å². The Hall–Kier alpha value is -3.02.